The van der Waals surface area contributed by atoms with E-state index in [1.807, 2.05) is 29.2 Å². The zero-order valence-electron chi connectivity index (χ0n) is 19.9. The Kier molecular flexibility index (Phi) is 7.33. The lowest BCUT2D eigenvalue weighted by molar-refractivity contribution is -0.137. The number of piperidine rings is 1. The van der Waals surface area contributed by atoms with Crippen molar-refractivity contribution in [2.24, 2.45) is 5.92 Å². The van der Waals surface area contributed by atoms with Crippen LogP contribution in [0, 0.1) is 5.92 Å². The summed E-state index contributed by atoms with van der Waals surface area (Å²) in [6.45, 7) is 1.36. The number of carbonyl (C=O) groups is 1. The Morgan fingerprint density at radius 2 is 1.53 bits per heavy atom. The standard InChI is InChI=1S/C25H32N2O6S/c1-31-20-8-6-18(7-9-20)22-5-4-14-27(22)25(28)19-12-15-26(16-13-19)34(29,30)21-10-11-23(32-2)24(17-21)33-3/h6-11,17,19,22H,4-5,12-16H2,1-3H3/t22-/m1/s1. The van der Waals surface area contributed by atoms with Gasteiger partial charge in [0, 0.05) is 31.6 Å². The first-order chi connectivity index (χ1) is 16.4. The lowest BCUT2D eigenvalue weighted by atomic mass is 9.95. The lowest BCUT2D eigenvalue weighted by Gasteiger charge is -2.34. The number of benzene rings is 2. The first-order valence-electron chi connectivity index (χ1n) is 11.6. The molecule has 1 amide bonds. The molecule has 2 aliphatic heterocycles. The third kappa shape index (κ3) is 4.72. The molecule has 0 N–H and O–H groups in total. The molecule has 2 fully saturated rings. The Morgan fingerprint density at radius 1 is 0.853 bits per heavy atom. The largest absolute Gasteiger partial charge is 0.497 e. The van der Waals surface area contributed by atoms with Crippen LogP contribution in [0.4, 0.5) is 0 Å². The van der Waals surface area contributed by atoms with Gasteiger partial charge in [-0.1, -0.05) is 12.1 Å². The van der Waals surface area contributed by atoms with E-state index in [1.165, 1.54) is 30.7 Å². The fourth-order valence-electron chi connectivity index (χ4n) is 4.91. The van der Waals surface area contributed by atoms with E-state index in [0.717, 1.165) is 30.7 Å². The Hall–Kier alpha value is -2.78. The molecule has 0 saturated carbocycles. The van der Waals surface area contributed by atoms with E-state index < -0.39 is 10.0 Å². The SMILES string of the molecule is COc1ccc([C@H]2CCCN2C(=O)C2CCN(S(=O)(=O)c3ccc(OC)c(OC)c3)CC2)cc1. The van der Waals surface area contributed by atoms with Crippen molar-refractivity contribution in [3.05, 3.63) is 48.0 Å². The number of nitrogens with zero attached hydrogens (tertiary/aromatic N) is 2. The monoisotopic (exact) mass is 488 g/mol. The van der Waals surface area contributed by atoms with Crippen molar-refractivity contribution in [2.75, 3.05) is 41.0 Å². The molecule has 0 spiro atoms. The lowest BCUT2D eigenvalue weighted by Crippen LogP contribution is -2.44. The quantitative estimate of drug-likeness (QED) is 0.593. The van der Waals surface area contributed by atoms with Gasteiger partial charge in [0.15, 0.2) is 11.5 Å². The summed E-state index contributed by atoms with van der Waals surface area (Å²) in [6.07, 6.45) is 2.92. The van der Waals surface area contributed by atoms with E-state index in [-0.39, 0.29) is 22.8 Å². The predicted molar refractivity (Wildman–Crippen MR) is 128 cm³/mol. The van der Waals surface area contributed by atoms with Gasteiger partial charge in [-0.25, -0.2) is 8.42 Å². The highest BCUT2D eigenvalue weighted by molar-refractivity contribution is 7.89. The van der Waals surface area contributed by atoms with Crippen molar-refractivity contribution in [1.29, 1.82) is 0 Å². The van der Waals surface area contributed by atoms with Gasteiger partial charge >= 0.3 is 0 Å². The van der Waals surface area contributed by atoms with Crippen molar-refractivity contribution in [3.63, 3.8) is 0 Å². The molecule has 34 heavy (non-hydrogen) atoms. The summed E-state index contributed by atoms with van der Waals surface area (Å²) >= 11 is 0. The molecule has 2 aliphatic rings. The van der Waals surface area contributed by atoms with Crippen molar-refractivity contribution in [1.82, 2.24) is 9.21 Å². The molecule has 2 saturated heterocycles. The summed E-state index contributed by atoms with van der Waals surface area (Å²) in [5.41, 5.74) is 1.11. The number of ether oxygens (including phenoxy) is 3. The number of methoxy groups -OCH3 is 3. The Balaban J connectivity index is 1.42. The van der Waals surface area contributed by atoms with Gasteiger partial charge in [-0.2, -0.15) is 4.31 Å². The third-order valence-corrected chi connectivity index (χ3v) is 8.73. The van der Waals surface area contributed by atoms with Crippen LogP contribution in [0.2, 0.25) is 0 Å². The fraction of sp³-hybridized carbons (Fsp3) is 0.480. The van der Waals surface area contributed by atoms with Crippen molar-refractivity contribution < 1.29 is 27.4 Å². The zero-order chi connectivity index (χ0) is 24.3. The average molecular weight is 489 g/mol. The number of hydrogen-bond acceptors (Lipinski definition) is 6. The summed E-state index contributed by atoms with van der Waals surface area (Å²) < 4.78 is 43.6. The number of hydrogen-bond donors (Lipinski definition) is 0. The van der Waals surface area contributed by atoms with Gasteiger partial charge in [-0.3, -0.25) is 4.79 Å². The van der Waals surface area contributed by atoms with Gasteiger partial charge in [0.25, 0.3) is 0 Å². The number of sulfonamides is 1. The molecule has 0 bridgehead atoms. The van der Waals surface area contributed by atoms with Crippen LogP contribution in [0.5, 0.6) is 17.2 Å². The van der Waals surface area contributed by atoms with Gasteiger partial charge in [0.05, 0.1) is 32.3 Å². The minimum Gasteiger partial charge on any atom is -0.497 e. The van der Waals surface area contributed by atoms with Crippen LogP contribution in [0.3, 0.4) is 0 Å². The molecule has 8 nitrogen and oxygen atoms in total. The van der Waals surface area contributed by atoms with Crippen LogP contribution in [-0.2, 0) is 14.8 Å². The normalized spacial score (nSPS) is 19.7. The second kappa shape index (κ2) is 10.2. The fourth-order valence-corrected chi connectivity index (χ4v) is 6.39. The second-order valence-electron chi connectivity index (χ2n) is 8.66. The van der Waals surface area contributed by atoms with Gasteiger partial charge in [0.2, 0.25) is 15.9 Å². The van der Waals surface area contributed by atoms with Gasteiger partial charge in [0.1, 0.15) is 5.75 Å². The third-order valence-electron chi connectivity index (χ3n) is 6.83. The summed E-state index contributed by atoms with van der Waals surface area (Å²) in [5, 5.41) is 0. The van der Waals surface area contributed by atoms with E-state index in [4.69, 9.17) is 14.2 Å². The van der Waals surface area contributed by atoms with E-state index in [9.17, 15) is 13.2 Å². The van der Waals surface area contributed by atoms with Gasteiger partial charge < -0.3 is 19.1 Å². The molecule has 184 valence electrons. The second-order valence-corrected chi connectivity index (χ2v) is 10.6. The molecule has 0 unspecified atom stereocenters. The Bertz CT molecular complexity index is 1110. The maximum Gasteiger partial charge on any atom is 0.243 e. The molecule has 2 heterocycles. The number of likely N-dealkylation sites (tertiary alicyclic amines) is 1. The van der Waals surface area contributed by atoms with Crippen molar-refractivity contribution in [2.45, 2.75) is 36.6 Å². The highest BCUT2D eigenvalue weighted by Crippen LogP contribution is 2.36. The zero-order valence-corrected chi connectivity index (χ0v) is 20.7. The number of carbonyl (C=O) groups excluding carboxylic acids is 1. The maximum atomic E-state index is 13.4. The minimum absolute atomic E-state index is 0.0620. The first-order valence-corrected chi connectivity index (χ1v) is 13.0. The summed E-state index contributed by atoms with van der Waals surface area (Å²) in [4.78, 5) is 15.5. The van der Waals surface area contributed by atoms with Gasteiger partial charge in [-0.05, 0) is 55.5 Å². The molecule has 0 aliphatic carbocycles. The van der Waals surface area contributed by atoms with E-state index in [0.29, 0.717) is 37.4 Å². The molecular weight excluding hydrogens is 456 g/mol. The molecule has 1 atom stereocenters. The number of rotatable bonds is 7. The molecule has 2 aromatic carbocycles. The minimum atomic E-state index is -3.69. The molecular formula is C25H32N2O6S. The topological polar surface area (TPSA) is 85.4 Å². The maximum absolute atomic E-state index is 13.4. The Morgan fingerprint density at radius 3 is 2.15 bits per heavy atom. The van der Waals surface area contributed by atoms with Crippen molar-refractivity contribution >= 4 is 15.9 Å². The number of amides is 1. The smallest absolute Gasteiger partial charge is 0.243 e. The summed E-state index contributed by atoms with van der Waals surface area (Å²) in [7, 11) is 0.932. The van der Waals surface area contributed by atoms with Crippen molar-refractivity contribution in [3.8, 4) is 17.2 Å². The van der Waals surface area contributed by atoms with Gasteiger partial charge in [-0.15, -0.1) is 0 Å². The van der Waals surface area contributed by atoms with E-state index >= 15 is 0 Å². The Labute approximate surface area is 201 Å². The van der Waals surface area contributed by atoms with Crippen LogP contribution in [-0.4, -0.2) is 64.5 Å². The molecule has 0 radical (unpaired) electrons. The molecule has 4 rings (SSSR count). The van der Waals surface area contributed by atoms with Crippen LogP contribution in [0.25, 0.3) is 0 Å². The van der Waals surface area contributed by atoms with Crippen LogP contribution in [0.1, 0.15) is 37.3 Å². The molecule has 2 aromatic rings. The van der Waals surface area contributed by atoms with E-state index in [1.54, 1.807) is 13.2 Å². The first kappa shape index (κ1) is 24.3. The highest BCUT2D eigenvalue weighted by Gasteiger charge is 2.37. The predicted octanol–water partition coefficient (Wildman–Crippen LogP) is 3.48. The van der Waals surface area contributed by atoms with Crippen LogP contribution < -0.4 is 14.2 Å². The average Bonchev–Trinajstić information content (AvgIpc) is 3.38. The highest BCUT2D eigenvalue weighted by atomic mass is 32.2. The van der Waals surface area contributed by atoms with E-state index in [2.05, 4.69) is 0 Å². The van der Waals surface area contributed by atoms with Crippen LogP contribution in [0.15, 0.2) is 47.4 Å². The summed E-state index contributed by atoms with van der Waals surface area (Å²) in [5.74, 6) is 1.59. The van der Waals surface area contributed by atoms with Crippen LogP contribution >= 0.6 is 0 Å². The molecule has 0 aromatic heterocycles. The molecule has 9 heteroatoms. The summed E-state index contributed by atoms with van der Waals surface area (Å²) in [6, 6.07) is 12.6.